The van der Waals surface area contributed by atoms with E-state index in [1.54, 1.807) is 12.1 Å². The summed E-state index contributed by atoms with van der Waals surface area (Å²) in [5.41, 5.74) is 3.75. The first-order valence-corrected chi connectivity index (χ1v) is 7.31. The normalized spacial score (nSPS) is 10.3. The van der Waals surface area contributed by atoms with E-state index in [2.05, 4.69) is 24.4 Å². The van der Waals surface area contributed by atoms with Crippen molar-refractivity contribution in [3.8, 4) is 0 Å². The molecule has 0 aliphatic carbocycles. The fourth-order valence-electron chi connectivity index (χ4n) is 1.99. The van der Waals surface area contributed by atoms with Crippen molar-refractivity contribution >= 4 is 23.2 Å². The van der Waals surface area contributed by atoms with Gasteiger partial charge in [-0.3, -0.25) is 4.79 Å². The summed E-state index contributed by atoms with van der Waals surface area (Å²) < 4.78 is 0. The molecule has 0 fully saturated rings. The van der Waals surface area contributed by atoms with Gasteiger partial charge in [0.2, 0.25) is 0 Å². The van der Waals surface area contributed by atoms with Gasteiger partial charge in [0.1, 0.15) is 0 Å². The van der Waals surface area contributed by atoms with Gasteiger partial charge in [-0.15, -0.1) is 11.6 Å². The van der Waals surface area contributed by atoms with Crippen molar-refractivity contribution in [2.24, 2.45) is 0 Å². The lowest BCUT2D eigenvalue weighted by molar-refractivity contribution is 0.102. The van der Waals surface area contributed by atoms with Gasteiger partial charge in [-0.1, -0.05) is 37.6 Å². The minimum atomic E-state index is -0.102. The molecule has 20 heavy (non-hydrogen) atoms. The van der Waals surface area contributed by atoms with Crippen LogP contribution < -0.4 is 5.32 Å². The van der Waals surface area contributed by atoms with Crippen molar-refractivity contribution in [3.05, 3.63) is 65.2 Å². The molecule has 2 rings (SSSR count). The minimum absolute atomic E-state index is 0.102. The highest BCUT2D eigenvalue weighted by Crippen LogP contribution is 2.13. The van der Waals surface area contributed by atoms with Gasteiger partial charge >= 0.3 is 0 Å². The molecule has 1 N–H and O–H groups in total. The summed E-state index contributed by atoms with van der Waals surface area (Å²) in [5.74, 6) is 0.357. The molecular weight excluding hydrogens is 270 g/mol. The number of nitrogens with one attached hydrogen (secondary N) is 1. The highest BCUT2D eigenvalue weighted by molar-refractivity contribution is 6.17. The Bertz CT molecular complexity index is 561. The van der Waals surface area contributed by atoms with E-state index in [1.807, 2.05) is 24.3 Å². The topological polar surface area (TPSA) is 29.1 Å². The van der Waals surface area contributed by atoms with Crippen LogP contribution in [0.2, 0.25) is 0 Å². The van der Waals surface area contributed by atoms with Crippen molar-refractivity contribution in [2.75, 3.05) is 5.32 Å². The van der Waals surface area contributed by atoms with Gasteiger partial charge in [0.05, 0.1) is 0 Å². The quantitative estimate of drug-likeness (QED) is 0.798. The predicted molar refractivity (Wildman–Crippen MR) is 84.4 cm³/mol. The lowest BCUT2D eigenvalue weighted by Crippen LogP contribution is -2.11. The van der Waals surface area contributed by atoms with Crippen molar-refractivity contribution in [1.82, 2.24) is 0 Å². The smallest absolute Gasteiger partial charge is 0.255 e. The summed E-state index contributed by atoms with van der Waals surface area (Å²) in [7, 11) is 0. The highest BCUT2D eigenvalue weighted by atomic mass is 35.5. The molecule has 0 bridgehead atoms. The molecule has 0 aliphatic heterocycles. The second kappa shape index (κ2) is 7.11. The molecule has 0 heterocycles. The number of hydrogen-bond donors (Lipinski definition) is 1. The van der Waals surface area contributed by atoms with E-state index in [1.165, 1.54) is 5.56 Å². The number of carbonyl (C=O) groups is 1. The first-order valence-electron chi connectivity index (χ1n) is 6.78. The molecule has 0 unspecified atom stereocenters. The number of amides is 1. The van der Waals surface area contributed by atoms with Crippen molar-refractivity contribution < 1.29 is 4.79 Å². The zero-order chi connectivity index (χ0) is 14.4. The summed E-state index contributed by atoms with van der Waals surface area (Å²) in [4.78, 5) is 12.1. The molecular formula is C17H18ClNO. The van der Waals surface area contributed by atoms with E-state index >= 15 is 0 Å². The summed E-state index contributed by atoms with van der Waals surface area (Å²) in [6.07, 6.45) is 2.19. The molecule has 2 nitrogen and oxygen atoms in total. The zero-order valence-corrected chi connectivity index (χ0v) is 12.3. The Morgan fingerprint density at radius 1 is 1.00 bits per heavy atom. The van der Waals surface area contributed by atoms with Gasteiger partial charge in [0.25, 0.3) is 5.91 Å². The number of benzene rings is 2. The molecule has 0 atom stereocenters. The predicted octanol–water partition coefficient (Wildman–Crippen LogP) is 4.63. The maximum Gasteiger partial charge on any atom is 0.255 e. The molecule has 0 aromatic heterocycles. The van der Waals surface area contributed by atoms with Gasteiger partial charge in [-0.2, -0.15) is 0 Å². The van der Waals surface area contributed by atoms with Gasteiger partial charge in [-0.25, -0.2) is 0 Å². The molecule has 2 aromatic rings. The molecule has 3 heteroatoms. The average Bonchev–Trinajstić information content (AvgIpc) is 2.49. The third-order valence-electron chi connectivity index (χ3n) is 3.12. The number of rotatable bonds is 5. The third kappa shape index (κ3) is 3.84. The molecule has 0 radical (unpaired) electrons. The van der Waals surface area contributed by atoms with Crippen LogP contribution in [0.15, 0.2) is 48.5 Å². The molecule has 0 saturated heterocycles. The van der Waals surface area contributed by atoms with Crippen molar-refractivity contribution in [3.63, 3.8) is 0 Å². The van der Waals surface area contributed by atoms with Crippen LogP contribution in [0.1, 0.15) is 34.8 Å². The maximum absolute atomic E-state index is 12.1. The summed E-state index contributed by atoms with van der Waals surface area (Å²) in [6.45, 7) is 2.15. The van der Waals surface area contributed by atoms with Gasteiger partial charge in [0, 0.05) is 17.1 Å². The van der Waals surface area contributed by atoms with E-state index in [0.717, 1.165) is 24.1 Å². The number of hydrogen-bond acceptors (Lipinski definition) is 1. The number of alkyl halides is 1. The van der Waals surface area contributed by atoms with Gasteiger partial charge < -0.3 is 5.32 Å². The van der Waals surface area contributed by atoms with E-state index in [4.69, 9.17) is 11.6 Å². The number of anilines is 1. The van der Waals surface area contributed by atoms with Crippen LogP contribution in [-0.2, 0) is 12.3 Å². The average molecular weight is 288 g/mol. The standard InChI is InChI=1S/C17H18ClNO/c1-2-3-13-6-10-16(11-7-13)19-17(20)15-8-4-14(12-18)5-9-15/h4-11H,2-3,12H2,1H3,(H,19,20). The number of halogens is 1. The minimum Gasteiger partial charge on any atom is -0.322 e. The Morgan fingerprint density at radius 2 is 1.60 bits per heavy atom. The maximum atomic E-state index is 12.1. The lowest BCUT2D eigenvalue weighted by Gasteiger charge is -2.07. The molecule has 0 aliphatic rings. The van der Waals surface area contributed by atoms with Gasteiger partial charge in [-0.05, 0) is 41.8 Å². The molecule has 0 saturated carbocycles. The van der Waals surface area contributed by atoms with Crippen LogP contribution in [0.4, 0.5) is 5.69 Å². The Hall–Kier alpha value is -1.80. The SMILES string of the molecule is CCCc1ccc(NC(=O)c2ccc(CCl)cc2)cc1. The summed E-state index contributed by atoms with van der Waals surface area (Å²) >= 11 is 5.73. The fourth-order valence-corrected chi connectivity index (χ4v) is 2.17. The van der Waals surface area contributed by atoms with Crippen molar-refractivity contribution in [2.45, 2.75) is 25.6 Å². The van der Waals surface area contributed by atoms with E-state index in [-0.39, 0.29) is 5.91 Å². The summed E-state index contributed by atoms with van der Waals surface area (Å²) in [6, 6.07) is 15.3. The van der Waals surface area contributed by atoms with Crippen LogP contribution in [0.3, 0.4) is 0 Å². The Balaban J connectivity index is 2.02. The van der Waals surface area contributed by atoms with E-state index in [9.17, 15) is 4.79 Å². The Morgan fingerprint density at radius 3 is 2.15 bits per heavy atom. The number of aryl methyl sites for hydroxylation is 1. The largest absolute Gasteiger partial charge is 0.322 e. The molecule has 104 valence electrons. The highest BCUT2D eigenvalue weighted by Gasteiger charge is 2.05. The molecule has 0 spiro atoms. The monoisotopic (exact) mass is 287 g/mol. The Labute approximate surface area is 124 Å². The second-order valence-electron chi connectivity index (χ2n) is 4.73. The summed E-state index contributed by atoms with van der Waals surface area (Å²) in [5, 5.41) is 2.89. The van der Waals surface area contributed by atoms with Crippen LogP contribution in [-0.4, -0.2) is 5.91 Å². The van der Waals surface area contributed by atoms with Gasteiger partial charge in [0.15, 0.2) is 0 Å². The second-order valence-corrected chi connectivity index (χ2v) is 5.00. The third-order valence-corrected chi connectivity index (χ3v) is 3.43. The fraction of sp³-hybridized carbons (Fsp3) is 0.235. The lowest BCUT2D eigenvalue weighted by atomic mass is 10.1. The van der Waals surface area contributed by atoms with Crippen LogP contribution in [0, 0.1) is 0 Å². The number of carbonyl (C=O) groups excluding carboxylic acids is 1. The van der Waals surface area contributed by atoms with Crippen LogP contribution in [0.25, 0.3) is 0 Å². The zero-order valence-electron chi connectivity index (χ0n) is 11.5. The Kier molecular flexibility index (Phi) is 5.19. The first kappa shape index (κ1) is 14.6. The van der Waals surface area contributed by atoms with E-state index in [0.29, 0.717) is 11.4 Å². The van der Waals surface area contributed by atoms with Crippen molar-refractivity contribution in [1.29, 1.82) is 0 Å². The molecule has 2 aromatic carbocycles. The van der Waals surface area contributed by atoms with Crippen LogP contribution >= 0.6 is 11.6 Å². The van der Waals surface area contributed by atoms with E-state index < -0.39 is 0 Å². The first-order chi connectivity index (χ1) is 9.72. The van der Waals surface area contributed by atoms with Crippen LogP contribution in [0.5, 0.6) is 0 Å². The molecule has 1 amide bonds.